The molecule has 0 atom stereocenters. The van der Waals surface area contributed by atoms with Gasteiger partial charge in [0.2, 0.25) is 0 Å². The van der Waals surface area contributed by atoms with Crippen LogP contribution in [-0.2, 0) is 4.84 Å². The maximum Gasteiger partial charge on any atom is 0.316 e. The van der Waals surface area contributed by atoms with Crippen molar-refractivity contribution in [2.24, 2.45) is 15.9 Å². The monoisotopic (exact) mass is 402 g/mol. The third-order valence-electron chi connectivity index (χ3n) is 3.57. The lowest BCUT2D eigenvalue weighted by Crippen LogP contribution is -2.15. The van der Waals surface area contributed by atoms with Crippen molar-refractivity contribution < 1.29 is 14.0 Å². The van der Waals surface area contributed by atoms with Crippen LogP contribution in [0.2, 0.25) is 0 Å². The second kappa shape index (κ2) is 9.60. The third kappa shape index (κ3) is 5.61. The molecule has 1 amide bonds. The molecule has 0 spiro atoms. The molecule has 10 heteroatoms. The van der Waals surface area contributed by atoms with Crippen molar-refractivity contribution in [2.45, 2.75) is 27.2 Å². The highest BCUT2D eigenvalue weighted by Crippen LogP contribution is 2.14. The molecule has 8 nitrogen and oxygen atoms in total. The van der Waals surface area contributed by atoms with Crippen LogP contribution >= 0.6 is 12.2 Å². The van der Waals surface area contributed by atoms with Crippen LogP contribution in [0.3, 0.4) is 0 Å². The number of nitrogens with one attached hydrogen (secondary N) is 1. The van der Waals surface area contributed by atoms with Crippen LogP contribution in [0.15, 0.2) is 40.9 Å². The molecule has 2 aromatic rings. The van der Waals surface area contributed by atoms with Crippen LogP contribution in [0.1, 0.15) is 41.8 Å². The van der Waals surface area contributed by atoms with E-state index >= 15 is 0 Å². The summed E-state index contributed by atoms with van der Waals surface area (Å²) in [5.74, 6) is -0.485. The molecule has 0 bridgehead atoms. The number of thiocarbonyl (C=S) groups is 1. The summed E-state index contributed by atoms with van der Waals surface area (Å²) in [5.41, 5.74) is 7.04. The zero-order valence-electron chi connectivity index (χ0n) is 15.6. The van der Waals surface area contributed by atoms with Crippen LogP contribution in [0.5, 0.6) is 0 Å². The fraction of sp³-hybridized carbons (Fsp3) is 0.222. The molecule has 0 radical (unpaired) electrons. The van der Waals surface area contributed by atoms with E-state index in [1.165, 1.54) is 19.3 Å². The first kappa shape index (κ1) is 21.0. The summed E-state index contributed by atoms with van der Waals surface area (Å²) in [6.07, 6.45) is 4.43. The van der Waals surface area contributed by atoms with E-state index in [1.807, 2.05) is 6.92 Å². The van der Waals surface area contributed by atoms with Gasteiger partial charge in [0.1, 0.15) is 17.5 Å². The van der Waals surface area contributed by atoms with Crippen molar-refractivity contribution in [2.75, 3.05) is 5.32 Å². The van der Waals surface area contributed by atoms with Crippen molar-refractivity contribution in [3.05, 3.63) is 53.2 Å². The summed E-state index contributed by atoms with van der Waals surface area (Å²) in [4.78, 5) is 29.0. The van der Waals surface area contributed by atoms with Crippen LogP contribution in [-0.4, -0.2) is 32.6 Å². The average molecular weight is 402 g/mol. The van der Waals surface area contributed by atoms with Crippen LogP contribution in [0.25, 0.3) is 0 Å². The molecule has 146 valence electrons. The number of hydrogen-bond donors (Lipinski definition) is 2. The van der Waals surface area contributed by atoms with E-state index in [9.17, 15) is 9.18 Å². The fourth-order valence-corrected chi connectivity index (χ4v) is 2.31. The number of rotatable bonds is 5. The SMILES string of the molecule is CC/C(=N\OC(=S)/N=C(/C)N)c1ccc(NC(=O)c2cncc(F)c2C)nc1. The number of nitrogens with two attached hydrogens (primary N) is 1. The van der Waals surface area contributed by atoms with Crippen LogP contribution < -0.4 is 11.1 Å². The van der Waals surface area contributed by atoms with Gasteiger partial charge in [-0.1, -0.05) is 12.1 Å². The van der Waals surface area contributed by atoms with E-state index in [1.54, 1.807) is 19.1 Å². The molecule has 0 aliphatic heterocycles. The fourth-order valence-electron chi connectivity index (χ4n) is 2.13. The van der Waals surface area contributed by atoms with Crippen molar-refractivity contribution >= 4 is 40.7 Å². The Balaban J connectivity index is 2.11. The van der Waals surface area contributed by atoms with Gasteiger partial charge in [0.15, 0.2) is 0 Å². The molecule has 0 aliphatic carbocycles. The minimum absolute atomic E-state index is 0.0955. The molecular weight excluding hydrogens is 383 g/mol. The van der Waals surface area contributed by atoms with Crippen molar-refractivity contribution in [3.8, 4) is 0 Å². The number of aromatic nitrogens is 2. The molecule has 3 N–H and O–H groups in total. The molecule has 2 aromatic heterocycles. The Labute approximate surface area is 166 Å². The number of amides is 1. The largest absolute Gasteiger partial charge is 0.387 e. The normalized spacial score (nSPS) is 11.9. The van der Waals surface area contributed by atoms with Crippen LogP contribution in [0, 0.1) is 12.7 Å². The van der Waals surface area contributed by atoms with Gasteiger partial charge in [-0.05, 0) is 44.6 Å². The highest BCUT2D eigenvalue weighted by Gasteiger charge is 2.13. The lowest BCUT2D eigenvalue weighted by Gasteiger charge is -2.08. The van der Waals surface area contributed by atoms with Crippen LogP contribution in [0.4, 0.5) is 10.2 Å². The minimum Gasteiger partial charge on any atom is -0.387 e. The second-order valence-corrected chi connectivity index (χ2v) is 6.03. The van der Waals surface area contributed by atoms with Crippen molar-refractivity contribution in [3.63, 3.8) is 0 Å². The summed E-state index contributed by atoms with van der Waals surface area (Å²) in [7, 11) is 0. The molecule has 0 aliphatic rings. The topological polar surface area (TPSA) is 115 Å². The highest BCUT2D eigenvalue weighted by atomic mass is 32.1. The first-order valence-corrected chi connectivity index (χ1v) is 8.69. The van der Waals surface area contributed by atoms with Gasteiger partial charge >= 0.3 is 5.17 Å². The van der Waals surface area contributed by atoms with Gasteiger partial charge in [0.05, 0.1) is 17.5 Å². The Kier molecular flexibility index (Phi) is 7.21. The van der Waals surface area contributed by atoms with E-state index < -0.39 is 11.7 Å². The number of anilines is 1. The van der Waals surface area contributed by atoms with Gasteiger partial charge in [0, 0.05) is 23.5 Å². The maximum atomic E-state index is 13.6. The van der Waals surface area contributed by atoms with Gasteiger partial charge in [-0.3, -0.25) is 9.78 Å². The summed E-state index contributed by atoms with van der Waals surface area (Å²) in [6, 6.07) is 3.31. The third-order valence-corrected chi connectivity index (χ3v) is 3.74. The number of aliphatic imine (C=N–C) groups is 1. The number of carbonyl (C=O) groups excluding carboxylic acids is 1. The Morgan fingerprint density at radius 3 is 2.71 bits per heavy atom. The Morgan fingerprint density at radius 1 is 1.36 bits per heavy atom. The molecular formula is C18H19FN6O2S. The summed E-state index contributed by atoms with van der Waals surface area (Å²) < 4.78 is 13.6. The number of hydrogen-bond acceptors (Lipinski definition) is 6. The van der Waals surface area contributed by atoms with Gasteiger partial charge in [0.25, 0.3) is 5.91 Å². The number of carbonyl (C=O) groups is 1. The van der Waals surface area contributed by atoms with E-state index in [-0.39, 0.29) is 22.1 Å². The van der Waals surface area contributed by atoms with Crippen molar-refractivity contribution in [1.29, 1.82) is 0 Å². The number of halogens is 1. The van der Waals surface area contributed by atoms with Gasteiger partial charge in [-0.2, -0.15) is 4.99 Å². The molecule has 2 rings (SSSR count). The number of nitrogens with zero attached hydrogens (tertiary/aromatic N) is 4. The maximum absolute atomic E-state index is 13.6. The Bertz CT molecular complexity index is 940. The van der Waals surface area contributed by atoms with Gasteiger partial charge in [-0.25, -0.2) is 9.37 Å². The number of oxime groups is 1. The Morgan fingerprint density at radius 2 is 2.11 bits per heavy atom. The van der Waals surface area contributed by atoms with Crippen molar-refractivity contribution in [1.82, 2.24) is 9.97 Å². The zero-order chi connectivity index (χ0) is 20.7. The first-order valence-electron chi connectivity index (χ1n) is 8.28. The van der Waals surface area contributed by atoms with E-state index in [4.69, 9.17) is 22.8 Å². The summed E-state index contributed by atoms with van der Waals surface area (Å²) in [5, 5.41) is 6.47. The summed E-state index contributed by atoms with van der Waals surface area (Å²) >= 11 is 4.89. The lowest BCUT2D eigenvalue weighted by atomic mass is 10.1. The first-order chi connectivity index (χ1) is 13.3. The molecule has 0 fully saturated rings. The molecule has 0 aromatic carbocycles. The smallest absolute Gasteiger partial charge is 0.316 e. The average Bonchev–Trinajstić information content (AvgIpc) is 2.65. The standard InChI is InChI=1S/C18H19FN6O2S/c1-4-15(25-27-18(28)23-11(3)20)12-5-6-16(22-7-12)24-17(26)13-8-21-9-14(19)10(13)2/h5-9H,4H2,1-3H3,(H2,20,23,28)(H,22,24,26)/b25-15+. The Hall–Kier alpha value is -3.27. The van der Waals surface area contributed by atoms with E-state index in [0.717, 1.165) is 6.20 Å². The number of amidine groups is 1. The minimum atomic E-state index is -0.549. The lowest BCUT2D eigenvalue weighted by molar-refractivity contribution is 0.102. The van der Waals surface area contributed by atoms with E-state index in [0.29, 0.717) is 23.5 Å². The molecule has 2 heterocycles. The quantitative estimate of drug-likeness (QED) is 0.344. The highest BCUT2D eigenvalue weighted by molar-refractivity contribution is 7.80. The summed E-state index contributed by atoms with van der Waals surface area (Å²) in [6.45, 7) is 4.98. The molecule has 0 saturated carbocycles. The second-order valence-electron chi connectivity index (χ2n) is 5.68. The predicted molar refractivity (Wildman–Crippen MR) is 109 cm³/mol. The van der Waals surface area contributed by atoms with Gasteiger partial charge in [-0.15, -0.1) is 0 Å². The number of pyridine rings is 2. The molecule has 28 heavy (non-hydrogen) atoms. The van der Waals surface area contributed by atoms with Gasteiger partial charge < -0.3 is 15.9 Å². The zero-order valence-corrected chi connectivity index (χ0v) is 16.4. The predicted octanol–water partition coefficient (Wildman–Crippen LogP) is 2.97. The molecule has 0 saturated heterocycles. The molecule has 0 unspecified atom stereocenters. The van der Waals surface area contributed by atoms with E-state index in [2.05, 4.69) is 25.4 Å².